The van der Waals surface area contributed by atoms with Crippen LogP contribution in [0.3, 0.4) is 0 Å². The molecule has 1 aromatic carbocycles. The topological polar surface area (TPSA) is 102 Å². The molecule has 0 spiro atoms. The molecule has 4 rings (SSSR count). The van der Waals surface area contributed by atoms with Crippen molar-refractivity contribution in [2.24, 2.45) is 4.99 Å². The van der Waals surface area contributed by atoms with Crippen molar-refractivity contribution < 1.29 is 23.5 Å². The minimum absolute atomic E-state index is 0.0138. The number of rotatable bonds is 7. The van der Waals surface area contributed by atoms with Crippen LogP contribution in [0.15, 0.2) is 54.2 Å². The molecule has 0 aliphatic carbocycles. The van der Waals surface area contributed by atoms with E-state index in [9.17, 15) is 19.1 Å². The molecule has 0 unspecified atom stereocenters. The van der Waals surface area contributed by atoms with Crippen molar-refractivity contribution in [1.82, 2.24) is 19.8 Å². The van der Waals surface area contributed by atoms with Crippen molar-refractivity contribution >= 4 is 29.7 Å². The van der Waals surface area contributed by atoms with Gasteiger partial charge in [0, 0.05) is 38.9 Å². The fourth-order valence-electron chi connectivity index (χ4n) is 5.31. The third kappa shape index (κ3) is 5.72. The number of anilines is 2. The van der Waals surface area contributed by atoms with Gasteiger partial charge in [0.15, 0.2) is 5.82 Å². The number of hydrogen-bond donors (Lipinski definition) is 1. The molecule has 2 amide bonds. The maximum atomic E-state index is 15.9. The zero-order valence-corrected chi connectivity index (χ0v) is 24.3. The van der Waals surface area contributed by atoms with E-state index in [2.05, 4.69) is 21.5 Å². The number of phenols is 1. The Balaban J connectivity index is 1.97. The fourth-order valence-corrected chi connectivity index (χ4v) is 5.31. The summed E-state index contributed by atoms with van der Waals surface area (Å²) in [5.41, 5.74) is 1.71. The summed E-state index contributed by atoms with van der Waals surface area (Å²) in [5, 5.41) is 10.5. The Morgan fingerprint density at radius 3 is 2.60 bits per heavy atom. The number of halogens is 2. The zero-order chi connectivity index (χ0) is 30.7. The Morgan fingerprint density at radius 2 is 1.98 bits per heavy atom. The molecule has 1 N–H and O–H groups in total. The molecule has 0 radical (unpaired) electrons. The number of nitrogens with zero attached hydrogens (tertiary/aromatic N) is 6. The second kappa shape index (κ2) is 12.5. The lowest BCUT2D eigenvalue weighted by atomic mass is 10.0. The molecule has 2 aromatic heterocycles. The number of amides is 2. The van der Waals surface area contributed by atoms with Crippen molar-refractivity contribution in [1.29, 1.82) is 0 Å². The van der Waals surface area contributed by atoms with Crippen LogP contribution in [0.4, 0.5) is 20.3 Å². The van der Waals surface area contributed by atoms with Gasteiger partial charge in [0.2, 0.25) is 12.3 Å². The molecular weight excluding hydrogens is 542 g/mol. The molecule has 1 atom stereocenters. The van der Waals surface area contributed by atoms with E-state index in [0.717, 1.165) is 23.4 Å². The van der Waals surface area contributed by atoms with E-state index in [1.54, 1.807) is 23.0 Å². The Bertz CT molecular complexity index is 1540. The molecule has 3 aromatic rings. The van der Waals surface area contributed by atoms with Crippen LogP contribution in [-0.4, -0.2) is 75.8 Å². The van der Waals surface area contributed by atoms with Crippen LogP contribution in [0.1, 0.15) is 43.5 Å². The molecule has 42 heavy (non-hydrogen) atoms. The van der Waals surface area contributed by atoms with Crippen molar-refractivity contribution in [3.05, 3.63) is 77.6 Å². The third-order valence-electron chi connectivity index (χ3n) is 7.34. The van der Waals surface area contributed by atoms with E-state index in [1.165, 1.54) is 18.2 Å². The number of hydrogen-bond acceptors (Lipinski definition) is 6. The summed E-state index contributed by atoms with van der Waals surface area (Å²) >= 11 is 0. The van der Waals surface area contributed by atoms with Gasteiger partial charge >= 0.3 is 0 Å². The molecule has 220 valence electrons. The summed E-state index contributed by atoms with van der Waals surface area (Å²) in [6.45, 7) is 12.3. The van der Waals surface area contributed by atoms with Crippen LogP contribution < -0.4 is 4.90 Å². The van der Waals surface area contributed by atoms with Gasteiger partial charge in [-0.15, -0.1) is 0 Å². The predicted molar refractivity (Wildman–Crippen MR) is 158 cm³/mol. The normalized spacial score (nSPS) is 15.6. The molecule has 11 heteroatoms. The van der Waals surface area contributed by atoms with Crippen LogP contribution in [0.5, 0.6) is 5.75 Å². The summed E-state index contributed by atoms with van der Waals surface area (Å²) < 4.78 is 30.9. The molecular formula is C31H34F2N6O3. The molecule has 3 heterocycles. The first-order chi connectivity index (χ1) is 20.0. The average Bonchev–Trinajstić information content (AvgIpc) is 2.95. The highest BCUT2D eigenvalue weighted by Crippen LogP contribution is 2.39. The highest BCUT2D eigenvalue weighted by Gasteiger charge is 2.32. The number of aryl methyl sites for hydroxylation is 1. The highest BCUT2D eigenvalue weighted by atomic mass is 19.1. The van der Waals surface area contributed by atoms with Crippen LogP contribution in [0.2, 0.25) is 0 Å². The van der Waals surface area contributed by atoms with Crippen molar-refractivity contribution in [3.8, 4) is 17.0 Å². The smallest absolute Gasteiger partial charge is 0.246 e. The molecule has 1 fully saturated rings. The Hall–Kier alpha value is -4.67. The van der Waals surface area contributed by atoms with Gasteiger partial charge in [-0.3, -0.25) is 14.6 Å². The van der Waals surface area contributed by atoms with Crippen molar-refractivity contribution in [2.75, 3.05) is 31.6 Å². The Morgan fingerprint density at radius 1 is 1.24 bits per heavy atom. The van der Waals surface area contributed by atoms with E-state index in [-0.39, 0.29) is 40.6 Å². The lowest BCUT2D eigenvalue weighted by molar-refractivity contribution is -0.128. The molecule has 0 bridgehead atoms. The van der Waals surface area contributed by atoms with E-state index in [1.807, 2.05) is 38.7 Å². The van der Waals surface area contributed by atoms with Crippen molar-refractivity contribution in [2.45, 2.75) is 39.7 Å². The predicted octanol–water partition coefficient (Wildman–Crippen LogP) is 4.95. The number of pyridine rings is 2. The highest BCUT2D eigenvalue weighted by molar-refractivity contribution is 6.07. The maximum Gasteiger partial charge on any atom is 0.246 e. The first-order valence-corrected chi connectivity index (χ1v) is 13.6. The number of aromatic nitrogens is 2. The largest absolute Gasteiger partial charge is 0.507 e. The summed E-state index contributed by atoms with van der Waals surface area (Å²) in [7, 11) is 1.73. The SMILES string of the molecule is C=CC(=O)N1CCN(/C(=N/C=O)c2cc(F)c(-c3c(O)cccc3F)nc2N(C)c2c(C)ccnc2C(C)C)[C@@H](C)C1. The van der Waals surface area contributed by atoms with Crippen molar-refractivity contribution in [3.63, 3.8) is 0 Å². The number of benzene rings is 1. The van der Waals surface area contributed by atoms with E-state index >= 15 is 4.39 Å². The monoisotopic (exact) mass is 576 g/mol. The number of aliphatic imine (C=N–C) groups is 1. The van der Waals surface area contributed by atoms with Gasteiger partial charge in [-0.1, -0.05) is 26.5 Å². The standard InChI is InChI=1S/C31H34F2N6O3/c1-7-25(42)38-13-14-39(20(5)16-38)30(35-17-40)21-15-23(33)28(26-22(32)9-8-10-24(26)41)36-31(21)37(6)29-19(4)11-12-34-27(29)18(2)3/h7-12,15,17-18,20,41H,1,13-14,16H2,2-6H3/b35-30+/t20-/m0/s1. The minimum atomic E-state index is -0.915. The second-order valence-electron chi connectivity index (χ2n) is 10.5. The van der Waals surface area contributed by atoms with Crippen LogP contribution in [0.25, 0.3) is 11.3 Å². The number of phenolic OH excluding ortho intramolecular Hbond substituents is 1. The summed E-state index contributed by atoms with van der Waals surface area (Å²) in [6.07, 6.45) is 3.32. The van der Waals surface area contributed by atoms with Gasteiger partial charge in [0.05, 0.1) is 22.5 Å². The lowest BCUT2D eigenvalue weighted by Gasteiger charge is -2.41. The summed E-state index contributed by atoms with van der Waals surface area (Å²) in [5.74, 6) is -2.12. The number of aromatic hydroxyl groups is 1. The van der Waals surface area contributed by atoms with Gasteiger partial charge in [-0.2, -0.15) is 4.99 Å². The van der Waals surface area contributed by atoms with Gasteiger partial charge in [-0.05, 0) is 55.7 Å². The molecule has 9 nitrogen and oxygen atoms in total. The molecule has 1 aliphatic rings. The molecule has 1 saturated heterocycles. The number of piperazine rings is 1. The van der Waals surface area contributed by atoms with E-state index in [4.69, 9.17) is 0 Å². The van der Waals surface area contributed by atoms with Crippen LogP contribution in [-0.2, 0) is 9.59 Å². The second-order valence-corrected chi connectivity index (χ2v) is 10.5. The van der Waals surface area contributed by atoms with Crippen LogP contribution in [0, 0.1) is 18.6 Å². The number of carbonyl (C=O) groups excluding carboxylic acids is 2. The van der Waals surface area contributed by atoms with Gasteiger partial charge in [-0.25, -0.2) is 13.8 Å². The minimum Gasteiger partial charge on any atom is -0.507 e. The number of amidine groups is 1. The zero-order valence-electron chi connectivity index (χ0n) is 24.3. The third-order valence-corrected chi connectivity index (χ3v) is 7.34. The molecule has 0 saturated carbocycles. The van der Waals surface area contributed by atoms with Gasteiger partial charge < -0.3 is 19.8 Å². The summed E-state index contributed by atoms with van der Waals surface area (Å²) in [4.78, 5) is 42.6. The quantitative estimate of drug-likeness (QED) is 0.184. The van der Waals surface area contributed by atoms with E-state index < -0.39 is 23.1 Å². The average molecular weight is 577 g/mol. The van der Waals surface area contributed by atoms with Crippen LogP contribution >= 0.6 is 0 Å². The fraction of sp³-hybridized carbons (Fsp3) is 0.323. The maximum absolute atomic E-state index is 15.9. The number of carbonyl (C=O) groups is 2. The Kier molecular flexibility index (Phi) is 8.99. The molecule has 1 aliphatic heterocycles. The summed E-state index contributed by atoms with van der Waals surface area (Å²) in [6, 6.07) is 6.36. The van der Waals surface area contributed by atoms with Gasteiger partial charge in [0.1, 0.15) is 28.9 Å². The first kappa shape index (κ1) is 30.3. The Labute approximate surface area is 243 Å². The lowest BCUT2D eigenvalue weighted by Crippen LogP contribution is -2.55. The van der Waals surface area contributed by atoms with E-state index in [0.29, 0.717) is 31.7 Å². The van der Waals surface area contributed by atoms with Gasteiger partial charge in [0.25, 0.3) is 0 Å². The first-order valence-electron chi connectivity index (χ1n) is 13.6.